The molecule has 0 saturated carbocycles. The summed E-state index contributed by atoms with van der Waals surface area (Å²) < 4.78 is 0. The van der Waals surface area contributed by atoms with Crippen LogP contribution in [-0.2, 0) is 9.59 Å². The fourth-order valence-corrected chi connectivity index (χ4v) is 1.33. The second kappa shape index (κ2) is 4.21. The Morgan fingerprint density at radius 3 is 2.12 bits per heavy atom. The zero-order valence-corrected chi connectivity index (χ0v) is 9.82. The third-order valence-electron chi connectivity index (χ3n) is 2.82. The highest BCUT2D eigenvalue weighted by Crippen LogP contribution is 2.20. The Bertz CT molecular complexity index is 338. The standard InChI is InChI=1S/C10H17N3O3/c1-10(2,6-11)4-5-13-8(15)7(14)12(3)9(13)16/h4-6,11H2,1-3H3. The van der Waals surface area contributed by atoms with E-state index in [4.69, 9.17) is 5.73 Å². The maximum Gasteiger partial charge on any atom is 0.333 e. The molecule has 1 fully saturated rings. The molecule has 0 aromatic carbocycles. The van der Waals surface area contributed by atoms with Crippen molar-refractivity contribution in [3.63, 3.8) is 0 Å². The molecule has 0 aliphatic carbocycles. The minimum absolute atomic E-state index is 0.148. The van der Waals surface area contributed by atoms with Crippen LogP contribution in [0, 0.1) is 5.41 Å². The Morgan fingerprint density at radius 1 is 1.19 bits per heavy atom. The fourth-order valence-electron chi connectivity index (χ4n) is 1.33. The number of carbonyl (C=O) groups is 3. The summed E-state index contributed by atoms with van der Waals surface area (Å²) in [6, 6.07) is -0.553. The van der Waals surface area contributed by atoms with Gasteiger partial charge in [0, 0.05) is 13.6 Å². The number of amides is 4. The third-order valence-corrected chi connectivity index (χ3v) is 2.82. The molecule has 1 aliphatic heterocycles. The molecule has 0 bridgehead atoms. The lowest BCUT2D eigenvalue weighted by Crippen LogP contribution is -2.36. The lowest BCUT2D eigenvalue weighted by Gasteiger charge is -2.24. The number of carbonyl (C=O) groups excluding carboxylic acids is 3. The minimum Gasteiger partial charge on any atom is -0.330 e. The molecule has 0 atom stereocenters. The number of rotatable bonds is 4. The van der Waals surface area contributed by atoms with E-state index in [9.17, 15) is 14.4 Å². The lowest BCUT2D eigenvalue weighted by atomic mass is 9.89. The van der Waals surface area contributed by atoms with Gasteiger partial charge in [0.2, 0.25) is 0 Å². The highest BCUT2D eigenvalue weighted by atomic mass is 16.2. The first-order valence-corrected chi connectivity index (χ1v) is 5.14. The van der Waals surface area contributed by atoms with Crippen LogP contribution in [0.4, 0.5) is 4.79 Å². The average Bonchev–Trinajstić information content (AvgIpc) is 2.42. The van der Waals surface area contributed by atoms with Crippen molar-refractivity contribution in [3.8, 4) is 0 Å². The summed E-state index contributed by atoms with van der Waals surface area (Å²) >= 11 is 0. The number of hydrogen-bond donors (Lipinski definition) is 1. The molecule has 6 nitrogen and oxygen atoms in total. The molecule has 0 aromatic heterocycles. The Morgan fingerprint density at radius 2 is 1.75 bits per heavy atom. The van der Waals surface area contributed by atoms with Crippen molar-refractivity contribution in [2.24, 2.45) is 11.1 Å². The van der Waals surface area contributed by atoms with Crippen LogP contribution in [0.25, 0.3) is 0 Å². The molecule has 2 N–H and O–H groups in total. The summed E-state index contributed by atoms with van der Waals surface area (Å²) in [4.78, 5) is 35.9. The topological polar surface area (TPSA) is 83.7 Å². The molecular formula is C10H17N3O3. The zero-order valence-electron chi connectivity index (χ0n) is 9.82. The van der Waals surface area contributed by atoms with Gasteiger partial charge in [-0.2, -0.15) is 0 Å². The van der Waals surface area contributed by atoms with Crippen LogP contribution in [0.3, 0.4) is 0 Å². The first-order chi connectivity index (χ1) is 7.30. The molecule has 1 heterocycles. The van der Waals surface area contributed by atoms with Crippen molar-refractivity contribution in [3.05, 3.63) is 0 Å². The second-order valence-electron chi connectivity index (χ2n) is 4.72. The van der Waals surface area contributed by atoms with Gasteiger partial charge in [0.25, 0.3) is 0 Å². The van der Waals surface area contributed by atoms with E-state index in [2.05, 4.69) is 0 Å². The van der Waals surface area contributed by atoms with Crippen molar-refractivity contribution in [1.82, 2.24) is 9.80 Å². The van der Waals surface area contributed by atoms with Crippen LogP contribution < -0.4 is 5.73 Å². The quantitative estimate of drug-likeness (QED) is 0.531. The Balaban J connectivity index is 2.66. The lowest BCUT2D eigenvalue weighted by molar-refractivity contribution is -0.142. The van der Waals surface area contributed by atoms with Gasteiger partial charge in [0.1, 0.15) is 0 Å². The van der Waals surface area contributed by atoms with E-state index in [-0.39, 0.29) is 12.0 Å². The smallest absolute Gasteiger partial charge is 0.330 e. The molecule has 90 valence electrons. The van der Waals surface area contributed by atoms with Gasteiger partial charge >= 0.3 is 17.8 Å². The SMILES string of the molecule is CN1C(=O)C(=O)N(CCC(C)(C)CN)C1=O. The number of urea groups is 1. The molecule has 16 heavy (non-hydrogen) atoms. The van der Waals surface area contributed by atoms with Gasteiger partial charge in [-0.05, 0) is 18.4 Å². The maximum atomic E-state index is 11.5. The molecule has 1 aliphatic rings. The van der Waals surface area contributed by atoms with Crippen LogP contribution in [0.15, 0.2) is 0 Å². The van der Waals surface area contributed by atoms with Gasteiger partial charge in [-0.3, -0.25) is 19.4 Å². The summed E-state index contributed by atoms with van der Waals surface area (Å²) in [5.41, 5.74) is 5.40. The van der Waals surface area contributed by atoms with Crippen molar-refractivity contribution < 1.29 is 14.4 Å². The molecule has 6 heteroatoms. The molecule has 0 unspecified atom stereocenters. The third kappa shape index (κ3) is 2.21. The zero-order chi connectivity index (χ0) is 12.5. The van der Waals surface area contributed by atoms with Gasteiger partial charge in [-0.1, -0.05) is 13.8 Å². The Kier molecular flexibility index (Phi) is 3.32. The van der Waals surface area contributed by atoms with E-state index in [1.165, 1.54) is 7.05 Å². The molecular weight excluding hydrogens is 210 g/mol. The van der Waals surface area contributed by atoms with Crippen LogP contribution in [0.5, 0.6) is 0 Å². The van der Waals surface area contributed by atoms with Crippen LogP contribution in [-0.4, -0.2) is 47.8 Å². The van der Waals surface area contributed by atoms with Gasteiger partial charge in [-0.25, -0.2) is 4.79 Å². The number of nitrogens with two attached hydrogens (primary N) is 1. The summed E-state index contributed by atoms with van der Waals surface area (Å²) in [5, 5.41) is 0. The van der Waals surface area contributed by atoms with E-state index in [0.717, 1.165) is 9.80 Å². The number of likely N-dealkylation sites (N-methyl/N-ethyl adjacent to an activating group) is 1. The summed E-state index contributed by atoms with van der Waals surface area (Å²) in [7, 11) is 1.30. The Labute approximate surface area is 94.4 Å². The predicted molar refractivity (Wildman–Crippen MR) is 57.3 cm³/mol. The van der Waals surface area contributed by atoms with Gasteiger partial charge < -0.3 is 5.73 Å². The molecule has 0 aromatic rings. The van der Waals surface area contributed by atoms with Crippen LogP contribution in [0.1, 0.15) is 20.3 Å². The van der Waals surface area contributed by atoms with Crippen molar-refractivity contribution in [2.45, 2.75) is 20.3 Å². The second-order valence-corrected chi connectivity index (χ2v) is 4.72. The van der Waals surface area contributed by atoms with Crippen LogP contribution in [0.2, 0.25) is 0 Å². The molecule has 1 rings (SSSR count). The summed E-state index contributed by atoms with van der Waals surface area (Å²) in [6.45, 7) is 4.60. The van der Waals surface area contributed by atoms with E-state index in [1.807, 2.05) is 13.8 Å². The van der Waals surface area contributed by atoms with Crippen molar-refractivity contribution >= 4 is 17.8 Å². The molecule has 4 amide bonds. The maximum absolute atomic E-state index is 11.5. The summed E-state index contributed by atoms with van der Waals surface area (Å²) in [6.07, 6.45) is 0.585. The monoisotopic (exact) mass is 227 g/mol. The molecule has 1 saturated heterocycles. The number of hydrogen-bond acceptors (Lipinski definition) is 4. The normalized spacial score (nSPS) is 17.6. The van der Waals surface area contributed by atoms with Crippen molar-refractivity contribution in [2.75, 3.05) is 20.1 Å². The first kappa shape index (κ1) is 12.6. The summed E-state index contributed by atoms with van der Waals surface area (Å²) in [5.74, 6) is -1.52. The van der Waals surface area contributed by atoms with E-state index >= 15 is 0 Å². The van der Waals surface area contributed by atoms with Crippen molar-refractivity contribution in [1.29, 1.82) is 0 Å². The predicted octanol–water partition coefficient (Wildman–Crippen LogP) is -0.218. The highest BCUT2D eigenvalue weighted by molar-refractivity contribution is 6.44. The number of nitrogens with zero attached hydrogens (tertiary/aromatic N) is 2. The van der Waals surface area contributed by atoms with Gasteiger partial charge in [0.05, 0.1) is 0 Å². The average molecular weight is 227 g/mol. The number of imide groups is 2. The molecule has 0 radical (unpaired) electrons. The van der Waals surface area contributed by atoms with E-state index in [0.29, 0.717) is 13.0 Å². The van der Waals surface area contributed by atoms with Crippen LogP contribution >= 0.6 is 0 Å². The largest absolute Gasteiger partial charge is 0.333 e. The van der Waals surface area contributed by atoms with E-state index < -0.39 is 17.8 Å². The Hall–Kier alpha value is -1.43. The molecule has 0 spiro atoms. The highest BCUT2D eigenvalue weighted by Gasteiger charge is 2.42. The van der Waals surface area contributed by atoms with Gasteiger partial charge in [0.15, 0.2) is 0 Å². The first-order valence-electron chi connectivity index (χ1n) is 5.14. The van der Waals surface area contributed by atoms with E-state index in [1.54, 1.807) is 0 Å². The minimum atomic E-state index is -0.768. The fraction of sp³-hybridized carbons (Fsp3) is 0.700. The van der Waals surface area contributed by atoms with Gasteiger partial charge in [-0.15, -0.1) is 0 Å².